The van der Waals surface area contributed by atoms with Crippen molar-refractivity contribution in [3.05, 3.63) is 42.2 Å². The van der Waals surface area contributed by atoms with E-state index in [9.17, 15) is 9.18 Å². The molecule has 0 saturated carbocycles. The van der Waals surface area contributed by atoms with Gasteiger partial charge in [0, 0.05) is 0 Å². The Morgan fingerprint density at radius 2 is 2.31 bits per heavy atom. The maximum atomic E-state index is 13.4. The first-order valence-electron chi connectivity index (χ1n) is 4.60. The number of rotatable bonds is 4. The van der Waals surface area contributed by atoms with Crippen molar-refractivity contribution < 1.29 is 9.18 Å². The number of hydrogen-bond acceptors (Lipinski definition) is 3. The second kappa shape index (κ2) is 5.72. The summed E-state index contributed by atoms with van der Waals surface area (Å²) in [5, 5.41) is 0. The number of urea groups is 1. The predicted octanol–water partition coefficient (Wildman–Crippen LogP) is 1.05. The van der Waals surface area contributed by atoms with Crippen LogP contribution in [0.1, 0.15) is 5.56 Å². The zero-order chi connectivity index (χ0) is 12.0. The summed E-state index contributed by atoms with van der Waals surface area (Å²) < 4.78 is 13.4. The number of benzene rings is 1. The lowest BCUT2D eigenvalue weighted by molar-refractivity contribution is 0.243. The molecule has 5 nitrogen and oxygen atoms in total. The molecule has 0 atom stereocenters. The molecule has 86 valence electrons. The molecule has 0 aliphatic carbocycles. The van der Waals surface area contributed by atoms with Crippen LogP contribution >= 0.6 is 0 Å². The quantitative estimate of drug-likeness (QED) is 0.267. The Hall–Kier alpha value is -2.08. The van der Waals surface area contributed by atoms with Crippen LogP contribution in [0.3, 0.4) is 0 Å². The highest BCUT2D eigenvalue weighted by Gasteiger charge is 2.07. The van der Waals surface area contributed by atoms with Crippen LogP contribution < -0.4 is 22.1 Å². The third kappa shape index (κ3) is 2.96. The van der Waals surface area contributed by atoms with Crippen LogP contribution in [-0.2, 0) is 6.42 Å². The number of halogens is 1. The van der Waals surface area contributed by atoms with Crippen molar-refractivity contribution in [2.75, 3.05) is 5.43 Å². The summed E-state index contributed by atoms with van der Waals surface area (Å²) in [5.74, 6) is 4.40. The molecule has 0 saturated heterocycles. The van der Waals surface area contributed by atoms with Crippen molar-refractivity contribution in [3.63, 3.8) is 0 Å². The minimum Gasteiger partial charge on any atom is -0.294 e. The Morgan fingerprint density at radius 3 is 2.94 bits per heavy atom. The highest BCUT2D eigenvalue weighted by atomic mass is 19.1. The molecular formula is C10H13FN4O. The lowest BCUT2D eigenvalue weighted by Gasteiger charge is -2.12. The second-order valence-electron chi connectivity index (χ2n) is 2.99. The smallest absolute Gasteiger partial charge is 0.294 e. The molecule has 6 heteroatoms. The zero-order valence-corrected chi connectivity index (χ0v) is 8.59. The number of amides is 2. The number of carbonyl (C=O) groups excluding carboxylic acids is 1. The summed E-state index contributed by atoms with van der Waals surface area (Å²) in [6, 6.07) is 3.95. The fourth-order valence-corrected chi connectivity index (χ4v) is 1.19. The van der Waals surface area contributed by atoms with E-state index in [1.54, 1.807) is 18.2 Å². The Kier molecular flexibility index (Phi) is 4.28. The molecule has 1 aromatic carbocycles. The molecule has 16 heavy (non-hydrogen) atoms. The minimum absolute atomic E-state index is 0.200. The van der Waals surface area contributed by atoms with Crippen molar-refractivity contribution >= 4 is 11.7 Å². The van der Waals surface area contributed by atoms with Gasteiger partial charge >= 0.3 is 6.03 Å². The largest absolute Gasteiger partial charge is 0.347 e. The van der Waals surface area contributed by atoms with Crippen LogP contribution in [0.25, 0.3) is 0 Å². The Morgan fingerprint density at radius 1 is 1.56 bits per heavy atom. The first kappa shape index (κ1) is 12.0. The van der Waals surface area contributed by atoms with Crippen LogP contribution in [0.2, 0.25) is 0 Å². The fraction of sp³-hybridized carbons (Fsp3) is 0.100. The topological polar surface area (TPSA) is 79.2 Å². The lowest BCUT2D eigenvalue weighted by Crippen LogP contribution is -2.42. The van der Waals surface area contributed by atoms with Gasteiger partial charge in [0.05, 0.1) is 5.69 Å². The Balaban J connectivity index is 2.83. The van der Waals surface area contributed by atoms with Gasteiger partial charge in [-0.05, 0) is 18.1 Å². The summed E-state index contributed by atoms with van der Waals surface area (Å²) in [6.07, 6.45) is 2.13. The average molecular weight is 224 g/mol. The number of nitrogens with one attached hydrogen (secondary N) is 3. The molecule has 1 rings (SSSR count). The molecular weight excluding hydrogens is 211 g/mol. The maximum Gasteiger partial charge on any atom is 0.347 e. The summed E-state index contributed by atoms with van der Waals surface area (Å²) in [4.78, 5) is 10.8. The van der Waals surface area contributed by atoms with E-state index in [0.717, 1.165) is 0 Å². The number of hydrogen-bond donors (Lipinski definition) is 4. The highest BCUT2D eigenvalue weighted by molar-refractivity contribution is 5.75. The fourth-order valence-electron chi connectivity index (χ4n) is 1.19. The third-order valence-electron chi connectivity index (χ3n) is 1.90. The van der Waals surface area contributed by atoms with Gasteiger partial charge in [-0.1, -0.05) is 18.2 Å². The Bertz CT molecular complexity index is 394. The predicted molar refractivity (Wildman–Crippen MR) is 59.8 cm³/mol. The van der Waals surface area contributed by atoms with E-state index in [-0.39, 0.29) is 5.69 Å². The van der Waals surface area contributed by atoms with Crippen molar-refractivity contribution in [2.45, 2.75) is 6.42 Å². The summed E-state index contributed by atoms with van der Waals surface area (Å²) in [5.41, 5.74) is 7.38. The molecule has 0 fully saturated rings. The SMILES string of the molecule is C=CCc1cccc(F)c1NNC(=O)NN. The van der Waals surface area contributed by atoms with E-state index in [2.05, 4.69) is 17.4 Å². The van der Waals surface area contributed by atoms with Crippen LogP contribution in [0.5, 0.6) is 0 Å². The summed E-state index contributed by atoms with van der Waals surface area (Å²) >= 11 is 0. The first-order chi connectivity index (χ1) is 7.69. The van der Waals surface area contributed by atoms with Crippen molar-refractivity contribution in [2.24, 2.45) is 5.84 Å². The standard InChI is InChI=1S/C10H13FN4O/c1-2-4-7-5-3-6-8(11)9(7)14-15-10(16)13-12/h2-3,5-6,14H,1,4,12H2,(H2,13,15,16). The van der Waals surface area contributed by atoms with Gasteiger partial charge in [-0.25, -0.2) is 15.0 Å². The molecule has 0 aliphatic rings. The van der Waals surface area contributed by atoms with Crippen molar-refractivity contribution in [1.29, 1.82) is 0 Å². The van der Waals surface area contributed by atoms with Crippen LogP contribution in [0.15, 0.2) is 30.9 Å². The molecule has 1 aromatic rings. The molecule has 2 amide bonds. The number of allylic oxidation sites excluding steroid dienone is 1. The molecule has 5 N–H and O–H groups in total. The average Bonchev–Trinajstić information content (AvgIpc) is 2.28. The normalized spacial score (nSPS) is 9.38. The van der Waals surface area contributed by atoms with Crippen molar-refractivity contribution in [1.82, 2.24) is 10.9 Å². The zero-order valence-electron chi connectivity index (χ0n) is 8.59. The van der Waals surface area contributed by atoms with Crippen LogP contribution in [0.4, 0.5) is 14.9 Å². The maximum absolute atomic E-state index is 13.4. The van der Waals surface area contributed by atoms with Gasteiger partial charge in [-0.2, -0.15) is 0 Å². The molecule has 0 aliphatic heterocycles. The van der Waals surface area contributed by atoms with Gasteiger partial charge in [-0.3, -0.25) is 16.3 Å². The molecule has 0 spiro atoms. The number of nitrogens with two attached hydrogens (primary N) is 1. The second-order valence-corrected chi connectivity index (χ2v) is 2.99. The molecule has 0 unspecified atom stereocenters. The van der Waals surface area contributed by atoms with Gasteiger partial charge < -0.3 is 0 Å². The number of carbonyl (C=O) groups is 1. The van der Waals surface area contributed by atoms with Gasteiger partial charge in [-0.15, -0.1) is 6.58 Å². The van der Waals surface area contributed by atoms with E-state index in [0.29, 0.717) is 12.0 Å². The van der Waals surface area contributed by atoms with E-state index >= 15 is 0 Å². The Labute approximate surface area is 92.5 Å². The van der Waals surface area contributed by atoms with Gasteiger partial charge in [0.15, 0.2) is 0 Å². The van der Waals surface area contributed by atoms with Gasteiger partial charge in [0.1, 0.15) is 5.82 Å². The van der Waals surface area contributed by atoms with E-state index in [1.807, 2.05) is 5.43 Å². The van der Waals surface area contributed by atoms with Crippen LogP contribution in [0, 0.1) is 5.82 Å². The summed E-state index contributed by atoms with van der Waals surface area (Å²) in [7, 11) is 0. The molecule has 0 bridgehead atoms. The molecule has 0 aromatic heterocycles. The lowest BCUT2D eigenvalue weighted by atomic mass is 10.1. The third-order valence-corrected chi connectivity index (χ3v) is 1.90. The van der Waals surface area contributed by atoms with E-state index in [4.69, 9.17) is 5.84 Å². The van der Waals surface area contributed by atoms with Crippen molar-refractivity contribution in [3.8, 4) is 0 Å². The van der Waals surface area contributed by atoms with Gasteiger partial charge in [0.2, 0.25) is 0 Å². The van der Waals surface area contributed by atoms with E-state index in [1.165, 1.54) is 6.07 Å². The number of para-hydroxylation sites is 1. The monoisotopic (exact) mass is 224 g/mol. The molecule has 0 radical (unpaired) electrons. The number of hydrazine groups is 2. The number of anilines is 1. The van der Waals surface area contributed by atoms with Gasteiger partial charge in [0.25, 0.3) is 0 Å². The minimum atomic E-state index is -0.659. The highest BCUT2D eigenvalue weighted by Crippen LogP contribution is 2.19. The van der Waals surface area contributed by atoms with Crippen LogP contribution in [-0.4, -0.2) is 6.03 Å². The summed E-state index contributed by atoms with van der Waals surface area (Å²) in [6.45, 7) is 3.57. The van der Waals surface area contributed by atoms with E-state index < -0.39 is 11.8 Å². The first-order valence-corrected chi connectivity index (χ1v) is 4.60. The molecule has 0 heterocycles.